The van der Waals surface area contributed by atoms with Gasteiger partial charge in [-0.2, -0.15) is 0 Å². The lowest BCUT2D eigenvalue weighted by Gasteiger charge is -2.20. The number of carbonyl (C=O) groups excluding carboxylic acids is 3. The number of rotatable bonds is 6. The summed E-state index contributed by atoms with van der Waals surface area (Å²) in [6.07, 6.45) is -0.428. The number of nitrogens with zero attached hydrogens (tertiary/aromatic N) is 1. The Morgan fingerprint density at radius 1 is 1.20 bits per heavy atom. The van der Waals surface area contributed by atoms with E-state index in [1.165, 1.54) is 13.0 Å². The van der Waals surface area contributed by atoms with Gasteiger partial charge in [-0.3, -0.25) is 14.4 Å². The number of nitrogens with one attached hydrogen (secondary N) is 1. The third kappa shape index (κ3) is 4.64. The first kappa shape index (κ1) is 21.4. The zero-order valence-electron chi connectivity index (χ0n) is 16.7. The molecule has 6 nitrogen and oxygen atoms in total. The third-order valence-electron chi connectivity index (χ3n) is 4.97. The van der Waals surface area contributed by atoms with Crippen LogP contribution in [0.3, 0.4) is 0 Å². The molecule has 2 atom stereocenters. The van der Waals surface area contributed by atoms with E-state index in [0.29, 0.717) is 0 Å². The number of esters is 1. The largest absolute Gasteiger partial charge is 0.452 e. The zero-order chi connectivity index (χ0) is 21.8. The Labute approximate surface area is 172 Å². The van der Waals surface area contributed by atoms with Gasteiger partial charge < -0.3 is 15.0 Å². The lowest BCUT2D eigenvalue weighted by Crippen LogP contribution is -2.33. The summed E-state index contributed by atoms with van der Waals surface area (Å²) in [5.41, 5.74) is 1.81. The van der Waals surface area contributed by atoms with E-state index in [4.69, 9.17) is 4.74 Å². The van der Waals surface area contributed by atoms with Gasteiger partial charge in [0.1, 0.15) is 0 Å². The average Bonchev–Trinajstić information content (AvgIpc) is 3.12. The summed E-state index contributed by atoms with van der Waals surface area (Å²) >= 11 is 0. The molecule has 1 heterocycles. The van der Waals surface area contributed by atoms with Crippen molar-refractivity contribution >= 4 is 29.2 Å². The van der Waals surface area contributed by atoms with Crippen molar-refractivity contribution in [2.45, 2.75) is 32.8 Å². The van der Waals surface area contributed by atoms with Crippen LogP contribution in [0.2, 0.25) is 0 Å². The Morgan fingerprint density at radius 2 is 1.93 bits per heavy atom. The van der Waals surface area contributed by atoms with Gasteiger partial charge in [0.25, 0.3) is 5.91 Å². The molecule has 30 heavy (non-hydrogen) atoms. The monoisotopic (exact) mass is 416 g/mol. The molecule has 0 aromatic heterocycles. The Kier molecular flexibility index (Phi) is 6.44. The summed E-state index contributed by atoms with van der Waals surface area (Å²) in [6.45, 7) is 3.53. The number of hydrogen-bond donors (Lipinski definition) is 1. The molecule has 1 aliphatic heterocycles. The number of ether oxygens (including phenoxy) is 1. The number of halogens is 2. The van der Waals surface area contributed by atoms with Crippen molar-refractivity contribution < 1.29 is 27.9 Å². The second-order valence-corrected chi connectivity index (χ2v) is 7.08. The van der Waals surface area contributed by atoms with Crippen molar-refractivity contribution in [2.24, 2.45) is 5.92 Å². The normalized spacial score (nSPS) is 17.0. The summed E-state index contributed by atoms with van der Waals surface area (Å²) in [5.74, 6) is -4.36. The molecule has 2 aromatic rings. The van der Waals surface area contributed by atoms with E-state index in [-0.39, 0.29) is 24.6 Å². The lowest BCUT2D eigenvalue weighted by molar-refractivity contribution is -0.157. The number of carbonyl (C=O) groups is 3. The average molecular weight is 416 g/mol. The van der Waals surface area contributed by atoms with Crippen molar-refractivity contribution in [1.82, 2.24) is 0 Å². The van der Waals surface area contributed by atoms with Crippen molar-refractivity contribution in [3.8, 4) is 0 Å². The molecule has 158 valence electrons. The topological polar surface area (TPSA) is 75.7 Å². The van der Waals surface area contributed by atoms with Crippen molar-refractivity contribution in [3.63, 3.8) is 0 Å². The molecular weight excluding hydrogens is 394 g/mol. The molecule has 1 aliphatic rings. The fraction of sp³-hybridized carbons (Fsp3) is 0.318. The molecule has 8 heteroatoms. The van der Waals surface area contributed by atoms with Crippen LogP contribution in [0.1, 0.15) is 25.8 Å². The second-order valence-electron chi connectivity index (χ2n) is 7.08. The maximum absolute atomic E-state index is 13.3. The summed E-state index contributed by atoms with van der Waals surface area (Å²) in [6, 6.07) is 10.4. The van der Waals surface area contributed by atoms with E-state index in [9.17, 15) is 23.2 Å². The van der Waals surface area contributed by atoms with Gasteiger partial charge in [0, 0.05) is 30.4 Å². The molecule has 1 fully saturated rings. The fourth-order valence-corrected chi connectivity index (χ4v) is 3.31. The molecule has 0 saturated carbocycles. The molecule has 0 bridgehead atoms. The lowest BCUT2D eigenvalue weighted by atomic mass is 10.1. The van der Waals surface area contributed by atoms with Crippen LogP contribution < -0.4 is 10.2 Å². The predicted octanol–water partition coefficient (Wildman–Crippen LogP) is 3.45. The number of para-hydroxylation sites is 1. The van der Waals surface area contributed by atoms with Crippen LogP contribution in [0, 0.1) is 17.6 Å². The maximum atomic E-state index is 13.3. The molecule has 1 saturated heterocycles. The van der Waals surface area contributed by atoms with E-state index in [1.807, 2.05) is 31.2 Å². The van der Waals surface area contributed by atoms with Gasteiger partial charge in [-0.1, -0.05) is 25.1 Å². The van der Waals surface area contributed by atoms with Crippen molar-refractivity contribution in [2.75, 3.05) is 16.8 Å². The van der Waals surface area contributed by atoms with E-state index < -0.39 is 35.5 Å². The Hall–Kier alpha value is -3.29. The quantitative estimate of drug-likeness (QED) is 0.732. The van der Waals surface area contributed by atoms with Gasteiger partial charge in [-0.05, 0) is 37.1 Å². The molecule has 0 spiro atoms. The van der Waals surface area contributed by atoms with Crippen LogP contribution in [0.4, 0.5) is 20.2 Å². The summed E-state index contributed by atoms with van der Waals surface area (Å²) in [5, 5.41) is 2.36. The SMILES string of the molecule is CCc1ccccc1N1C[C@H](C(=O)O[C@@H](C)C(=O)Nc2ccc(F)c(F)c2)CC1=O. The standard InChI is InChI=1S/C22H22F2N2O4/c1-3-14-6-4-5-7-19(14)26-12-15(10-20(26)27)22(29)30-13(2)21(28)25-16-8-9-17(23)18(24)11-16/h4-9,11,13,15H,3,10,12H2,1-2H3,(H,25,28)/t13-,15+/m0/s1. The molecule has 2 aromatic carbocycles. The van der Waals surface area contributed by atoms with Crippen molar-refractivity contribution in [3.05, 3.63) is 59.7 Å². The molecule has 0 unspecified atom stereocenters. The summed E-state index contributed by atoms with van der Waals surface area (Å²) in [7, 11) is 0. The fourth-order valence-electron chi connectivity index (χ4n) is 3.31. The van der Waals surface area contributed by atoms with E-state index in [2.05, 4.69) is 5.32 Å². The van der Waals surface area contributed by atoms with Crippen LogP contribution in [-0.4, -0.2) is 30.4 Å². The van der Waals surface area contributed by atoms with Gasteiger partial charge in [0.15, 0.2) is 17.7 Å². The predicted molar refractivity (Wildman–Crippen MR) is 107 cm³/mol. The first-order chi connectivity index (χ1) is 14.3. The maximum Gasteiger partial charge on any atom is 0.312 e. The molecule has 0 radical (unpaired) electrons. The Balaban J connectivity index is 1.60. The van der Waals surface area contributed by atoms with Crippen LogP contribution >= 0.6 is 0 Å². The highest BCUT2D eigenvalue weighted by Crippen LogP contribution is 2.29. The number of amides is 2. The van der Waals surface area contributed by atoms with Crippen molar-refractivity contribution in [1.29, 1.82) is 0 Å². The smallest absolute Gasteiger partial charge is 0.312 e. The Bertz CT molecular complexity index is 979. The van der Waals surface area contributed by atoms with Gasteiger partial charge >= 0.3 is 5.97 Å². The summed E-state index contributed by atoms with van der Waals surface area (Å²) in [4.78, 5) is 38.7. The van der Waals surface area contributed by atoms with Gasteiger partial charge in [0.2, 0.25) is 5.91 Å². The molecule has 0 aliphatic carbocycles. The first-order valence-corrected chi connectivity index (χ1v) is 9.64. The Morgan fingerprint density at radius 3 is 2.63 bits per heavy atom. The zero-order valence-corrected chi connectivity index (χ0v) is 16.7. The van der Waals surface area contributed by atoms with Crippen LogP contribution in [0.5, 0.6) is 0 Å². The minimum Gasteiger partial charge on any atom is -0.452 e. The number of aryl methyl sites for hydroxylation is 1. The number of benzene rings is 2. The molecule has 2 amide bonds. The van der Waals surface area contributed by atoms with Gasteiger partial charge in [0.05, 0.1) is 5.92 Å². The van der Waals surface area contributed by atoms with Crippen LogP contribution in [0.25, 0.3) is 0 Å². The van der Waals surface area contributed by atoms with E-state index in [1.54, 1.807) is 4.90 Å². The number of anilines is 2. The highest BCUT2D eigenvalue weighted by molar-refractivity contribution is 6.01. The van der Waals surface area contributed by atoms with E-state index in [0.717, 1.165) is 29.8 Å². The number of hydrogen-bond acceptors (Lipinski definition) is 4. The first-order valence-electron chi connectivity index (χ1n) is 9.64. The van der Waals surface area contributed by atoms with E-state index >= 15 is 0 Å². The minimum absolute atomic E-state index is 0.00556. The van der Waals surface area contributed by atoms with Crippen LogP contribution in [-0.2, 0) is 25.5 Å². The molecule has 1 N–H and O–H groups in total. The highest BCUT2D eigenvalue weighted by atomic mass is 19.2. The molecule has 3 rings (SSSR count). The minimum atomic E-state index is -1.17. The van der Waals surface area contributed by atoms with Gasteiger partial charge in [-0.25, -0.2) is 8.78 Å². The second kappa shape index (κ2) is 9.02. The third-order valence-corrected chi connectivity index (χ3v) is 4.97. The highest BCUT2D eigenvalue weighted by Gasteiger charge is 2.37. The molecular formula is C22H22F2N2O4. The van der Waals surface area contributed by atoms with Crippen LogP contribution in [0.15, 0.2) is 42.5 Å². The van der Waals surface area contributed by atoms with Gasteiger partial charge in [-0.15, -0.1) is 0 Å². The summed E-state index contributed by atoms with van der Waals surface area (Å²) < 4.78 is 31.5.